The van der Waals surface area contributed by atoms with Crippen molar-refractivity contribution in [3.05, 3.63) is 60.3 Å². The van der Waals surface area contributed by atoms with Crippen molar-refractivity contribution >= 4 is 0 Å². The lowest BCUT2D eigenvalue weighted by Crippen LogP contribution is -2.00. The molecular weight excluding hydrogens is 200 g/mol. The maximum absolute atomic E-state index is 9.15. The highest BCUT2D eigenvalue weighted by molar-refractivity contribution is 5.19. The van der Waals surface area contributed by atoms with Crippen molar-refractivity contribution in [1.29, 1.82) is 0 Å². The lowest BCUT2D eigenvalue weighted by Gasteiger charge is -2.00. The first-order valence-corrected chi connectivity index (χ1v) is 5.32. The maximum Gasteiger partial charge on any atom is 0.0715 e. The summed E-state index contributed by atoms with van der Waals surface area (Å²) in [5, 5.41) is 13.5. The molecule has 1 N–H and O–H groups in total. The summed E-state index contributed by atoms with van der Waals surface area (Å²) < 4.78 is 1.85. The smallest absolute Gasteiger partial charge is 0.0715 e. The summed E-state index contributed by atoms with van der Waals surface area (Å²) in [7, 11) is 0. The number of aliphatic hydroxyl groups is 1. The molecule has 0 saturated carbocycles. The topological polar surface area (TPSA) is 38.0 Å². The van der Waals surface area contributed by atoms with E-state index in [9.17, 15) is 0 Å². The van der Waals surface area contributed by atoms with E-state index in [1.807, 2.05) is 29.1 Å². The van der Waals surface area contributed by atoms with Gasteiger partial charge in [0.1, 0.15) is 0 Å². The predicted molar refractivity (Wildman–Crippen MR) is 62.8 cm³/mol. The minimum Gasteiger partial charge on any atom is -0.392 e. The van der Waals surface area contributed by atoms with Gasteiger partial charge in [-0.3, -0.25) is 4.68 Å². The van der Waals surface area contributed by atoms with E-state index in [0.29, 0.717) is 6.42 Å². The Morgan fingerprint density at radius 2 is 2.00 bits per heavy atom. The number of nitrogens with zero attached hydrogens (tertiary/aromatic N) is 2. The molecule has 2 rings (SSSR count). The van der Waals surface area contributed by atoms with Crippen LogP contribution in [0.4, 0.5) is 0 Å². The molecule has 1 aromatic carbocycles. The molecule has 0 atom stereocenters. The summed E-state index contributed by atoms with van der Waals surface area (Å²) in [6, 6.07) is 10.1. The van der Waals surface area contributed by atoms with Gasteiger partial charge in [0, 0.05) is 11.8 Å². The number of rotatable bonds is 4. The molecule has 0 aliphatic heterocycles. The average Bonchev–Trinajstić information content (AvgIpc) is 2.72. The number of hydrogen-bond acceptors (Lipinski definition) is 2. The number of benzene rings is 1. The van der Waals surface area contributed by atoms with Crippen molar-refractivity contribution in [2.75, 3.05) is 0 Å². The first kappa shape index (κ1) is 10.9. The Kier molecular flexibility index (Phi) is 3.37. The zero-order chi connectivity index (χ0) is 11.4. The molecule has 0 amide bonds. The molecule has 0 fully saturated rings. The fourth-order valence-corrected chi connectivity index (χ4v) is 1.70. The molecule has 0 spiro atoms. The van der Waals surface area contributed by atoms with Gasteiger partial charge >= 0.3 is 0 Å². The van der Waals surface area contributed by atoms with E-state index >= 15 is 0 Å². The lowest BCUT2D eigenvalue weighted by atomic mass is 10.2. The van der Waals surface area contributed by atoms with Crippen LogP contribution < -0.4 is 0 Å². The van der Waals surface area contributed by atoms with E-state index in [2.05, 4.69) is 24.2 Å². The SMILES string of the molecule is [CH2]Cc1nn(Cc2ccccc2)cc1CO. The highest BCUT2D eigenvalue weighted by Gasteiger charge is 2.06. The van der Waals surface area contributed by atoms with Gasteiger partial charge in [0.25, 0.3) is 0 Å². The fourth-order valence-electron chi connectivity index (χ4n) is 1.70. The van der Waals surface area contributed by atoms with Gasteiger partial charge in [-0.2, -0.15) is 5.10 Å². The Morgan fingerprint density at radius 1 is 1.25 bits per heavy atom. The van der Waals surface area contributed by atoms with E-state index in [1.54, 1.807) is 0 Å². The second-order valence-electron chi connectivity index (χ2n) is 3.69. The summed E-state index contributed by atoms with van der Waals surface area (Å²) >= 11 is 0. The molecular formula is C13H15N2O. The van der Waals surface area contributed by atoms with Crippen LogP contribution in [0.1, 0.15) is 16.8 Å². The molecule has 0 aliphatic rings. The Bertz CT molecular complexity index is 427. The van der Waals surface area contributed by atoms with Crippen molar-refractivity contribution in [3.8, 4) is 0 Å². The van der Waals surface area contributed by atoms with Gasteiger partial charge in [0.05, 0.1) is 18.8 Å². The summed E-state index contributed by atoms with van der Waals surface area (Å²) in [5.74, 6) is 0. The van der Waals surface area contributed by atoms with Crippen molar-refractivity contribution in [2.24, 2.45) is 0 Å². The number of aliphatic hydroxyl groups excluding tert-OH is 1. The third kappa shape index (κ3) is 2.31. The average molecular weight is 215 g/mol. The van der Waals surface area contributed by atoms with E-state index in [4.69, 9.17) is 5.11 Å². The van der Waals surface area contributed by atoms with E-state index in [1.165, 1.54) is 5.56 Å². The molecule has 0 bridgehead atoms. The molecule has 2 aromatic rings. The molecule has 1 aromatic heterocycles. The van der Waals surface area contributed by atoms with Crippen LogP contribution in [0, 0.1) is 6.92 Å². The molecule has 0 unspecified atom stereocenters. The molecule has 0 aliphatic carbocycles. The summed E-state index contributed by atoms with van der Waals surface area (Å²) in [6.07, 6.45) is 2.49. The van der Waals surface area contributed by atoms with Crippen LogP contribution >= 0.6 is 0 Å². The first-order valence-electron chi connectivity index (χ1n) is 5.32. The van der Waals surface area contributed by atoms with E-state index in [-0.39, 0.29) is 6.61 Å². The largest absolute Gasteiger partial charge is 0.392 e. The van der Waals surface area contributed by atoms with Crippen LogP contribution in [-0.2, 0) is 19.6 Å². The molecule has 3 heteroatoms. The summed E-state index contributed by atoms with van der Waals surface area (Å²) in [5.41, 5.74) is 2.94. The Balaban J connectivity index is 2.19. The van der Waals surface area contributed by atoms with Crippen LogP contribution in [-0.4, -0.2) is 14.9 Å². The van der Waals surface area contributed by atoms with Crippen molar-refractivity contribution in [3.63, 3.8) is 0 Å². The molecule has 0 saturated heterocycles. The highest BCUT2D eigenvalue weighted by Crippen LogP contribution is 2.09. The normalized spacial score (nSPS) is 10.6. The molecule has 83 valence electrons. The Labute approximate surface area is 95.3 Å². The van der Waals surface area contributed by atoms with Gasteiger partial charge < -0.3 is 5.11 Å². The van der Waals surface area contributed by atoms with Crippen LogP contribution in [0.15, 0.2) is 36.5 Å². The Hall–Kier alpha value is -1.61. The zero-order valence-corrected chi connectivity index (χ0v) is 9.13. The van der Waals surface area contributed by atoms with Gasteiger partial charge in [-0.15, -0.1) is 0 Å². The maximum atomic E-state index is 9.15. The van der Waals surface area contributed by atoms with Crippen molar-refractivity contribution in [1.82, 2.24) is 9.78 Å². The van der Waals surface area contributed by atoms with Gasteiger partial charge in [-0.1, -0.05) is 30.3 Å². The van der Waals surface area contributed by atoms with Gasteiger partial charge in [0.2, 0.25) is 0 Å². The van der Waals surface area contributed by atoms with E-state index < -0.39 is 0 Å². The summed E-state index contributed by atoms with van der Waals surface area (Å²) in [6.45, 7) is 4.56. The highest BCUT2D eigenvalue weighted by atomic mass is 16.3. The van der Waals surface area contributed by atoms with Crippen molar-refractivity contribution < 1.29 is 5.11 Å². The third-order valence-electron chi connectivity index (χ3n) is 2.52. The second-order valence-corrected chi connectivity index (χ2v) is 3.69. The van der Waals surface area contributed by atoms with E-state index in [0.717, 1.165) is 17.8 Å². The van der Waals surface area contributed by atoms with Crippen LogP contribution in [0.2, 0.25) is 0 Å². The number of aromatic nitrogens is 2. The van der Waals surface area contributed by atoms with Crippen molar-refractivity contribution in [2.45, 2.75) is 19.6 Å². The van der Waals surface area contributed by atoms with Gasteiger partial charge in [0.15, 0.2) is 0 Å². The van der Waals surface area contributed by atoms with Crippen LogP contribution in [0.3, 0.4) is 0 Å². The van der Waals surface area contributed by atoms with Crippen LogP contribution in [0.25, 0.3) is 0 Å². The quantitative estimate of drug-likeness (QED) is 0.844. The fraction of sp³-hybridized carbons (Fsp3) is 0.231. The zero-order valence-electron chi connectivity index (χ0n) is 9.13. The van der Waals surface area contributed by atoms with Gasteiger partial charge in [-0.25, -0.2) is 0 Å². The van der Waals surface area contributed by atoms with Gasteiger partial charge in [-0.05, 0) is 18.9 Å². The minimum atomic E-state index is 0.0274. The molecule has 3 nitrogen and oxygen atoms in total. The molecule has 1 heterocycles. The first-order chi connectivity index (χ1) is 7.83. The minimum absolute atomic E-state index is 0.0274. The summed E-state index contributed by atoms with van der Waals surface area (Å²) in [4.78, 5) is 0. The third-order valence-corrected chi connectivity index (χ3v) is 2.52. The predicted octanol–water partition coefficient (Wildman–Crippen LogP) is 1.80. The van der Waals surface area contributed by atoms with Crippen LogP contribution in [0.5, 0.6) is 0 Å². The standard InChI is InChI=1S/C13H15N2O/c1-2-13-12(10-16)9-15(14-13)8-11-6-4-3-5-7-11/h3-7,9,16H,1-2,8,10H2. The molecule has 16 heavy (non-hydrogen) atoms. The number of hydrogen-bond donors (Lipinski definition) is 1. The second kappa shape index (κ2) is 4.94. The monoisotopic (exact) mass is 215 g/mol. The molecule has 1 radical (unpaired) electrons. The lowest BCUT2D eigenvalue weighted by molar-refractivity contribution is 0.280. The Morgan fingerprint density at radius 3 is 2.56 bits per heavy atom.